The van der Waals surface area contributed by atoms with E-state index >= 15 is 0 Å². The summed E-state index contributed by atoms with van der Waals surface area (Å²) in [4.78, 5) is 9.96. The van der Waals surface area contributed by atoms with Crippen molar-refractivity contribution in [2.45, 2.75) is 109 Å². The molecule has 4 aliphatic rings. The Balaban J connectivity index is 1.45. The Hall–Kier alpha value is -1.06. The summed E-state index contributed by atoms with van der Waals surface area (Å²) in [5, 5.41) is 0. The number of hydrogen-bond donors (Lipinski definition) is 0. The molecule has 0 bridgehead atoms. The molecule has 0 aromatic heterocycles. The number of hydrogen-bond acceptors (Lipinski definition) is 4. The number of ether oxygens (including phenoxy) is 2. The molecule has 0 radical (unpaired) electrons. The van der Waals surface area contributed by atoms with Gasteiger partial charge in [0, 0.05) is 0 Å². The fraction of sp³-hybridized carbons (Fsp3) is 0.905. The van der Waals surface area contributed by atoms with Crippen LogP contribution in [0.3, 0.4) is 0 Å². The van der Waals surface area contributed by atoms with E-state index in [1.54, 1.807) is 0 Å². The minimum atomic E-state index is 0.00422. The molecule has 2 atom stereocenters. The average Bonchev–Trinajstić information content (AvgIpc) is 2.96. The van der Waals surface area contributed by atoms with E-state index < -0.39 is 0 Å². The first-order valence-electron chi connectivity index (χ1n) is 10.4. The van der Waals surface area contributed by atoms with Crippen molar-refractivity contribution < 1.29 is 9.47 Å². The van der Waals surface area contributed by atoms with Gasteiger partial charge in [-0.2, -0.15) is 0 Å². The van der Waals surface area contributed by atoms with Crippen LogP contribution >= 0.6 is 0 Å². The maximum atomic E-state index is 6.39. The van der Waals surface area contributed by atoms with Crippen molar-refractivity contribution in [1.29, 1.82) is 0 Å². The Bertz CT molecular complexity index is 520. The lowest BCUT2D eigenvalue weighted by atomic mass is 9.73. The lowest BCUT2D eigenvalue weighted by Crippen LogP contribution is -2.47. The molecule has 0 aromatic rings. The summed E-state index contributed by atoms with van der Waals surface area (Å²) >= 11 is 0. The molecular formula is C21H34N2O2. The standard InChI is InChI=1S/C21H34N2O2/c1-14(2)11-16-20(7-5-8-20)24-18(22-16)13-19-23-17(12-15(3)4)21(25-19)9-6-10-21/h14-17H,5-13H2,1-4H3/t16-,17-/m0/s1. The quantitative estimate of drug-likeness (QED) is 0.686. The predicted molar refractivity (Wildman–Crippen MR) is 101 cm³/mol. The summed E-state index contributed by atoms with van der Waals surface area (Å²) in [6.07, 6.45) is 10.1. The molecule has 4 rings (SSSR count). The summed E-state index contributed by atoms with van der Waals surface area (Å²) in [7, 11) is 0. The first-order chi connectivity index (χ1) is 11.9. The van der Waals surface area contributed by atoms with Crippen molar-refractivity contribution in [2.24, 2.45) is 21.8 Å². The molecule has 2 aliphatic carbocycles. The van der Waals surface area contributed by atoms with Crippen LogP contribution in [-0.2, 0) is 9.47 Å². The molecule has 2 saturated carbocycles. The zero-order chi connectivity index (χ0) is 17.7. The van der Waals surface area contributed by atoms with Gasteiger partial charge in [0.25, 0.3) is 0 Å². The molecule has 4 heteroatoms. The third-order valence-corrected chi connectivity index (χ3v) is 6.55. The van der Waals surface area contributed by atoms with E-state index in [0.29, 0.717) is 30.3 Å². The SMILES string of the molecule is CC(C)C[C@@H]1N=C(CC2=N[C@@H](CC(C)C)C3(CCC3)O2)OC12CCC2. The predicted octanol–water partition coefficient (Wildman–Crippen LogP) is 4.91. The van der Waals surface area contributed by atoms with Crippen molar-refractivity contribution in [3.63, 3.8) is 0 Å². The fourth-order valence-corrected chi connectivity index (χ4v) is 4.88. The van der Waals surface area contributed by atoms with Gasteiger partial charge in [-0.3, -0.25) is 0 Å². The van der Waals surface area contributed by atoms with Gasteiger partial charge in [0.2, 0.25) is 0 Å². The molecule has 25 heavy (non-hydrogen) atoms. The first-order valence-corrected chi connectivity index (χ1v) is 10.4. The minimum Gasteiger partial charge on any atom is -0.472 e. The number of rotatable bonds is 6. The molecule has 4 nitrogen and oxygen atoms in total. The third-order valence-electron chi connectivity index (χ3n) is 6.55. The second-order valence-corrected chi connectivity index (χ2v) is 9.55. The second kappa shape index (κ2) is 6.28. The molecule has 2 spiro atoms. The van der Waals surface area contributed by atoms with Gasteiger partial charge >= 0.3 is 0 Å². The van der Waals surface area contributed by atoms with Gasteiger partial charge < -0.3 is 9.47 Å². The highest BCUT2D eigenvalue weighted by molar-refractivity contribution is 5.99. The van der Waals surface area contributed by atoms with Gasteiger partial charge in [-0.05, 0) is 63.2 Å². The molecule has 0 N–H and O–H groups in total. The molecule has 140 valence electrons. The summed E-state index contributed by atoms with van der Waals surface area (Å²) in [5.74, 6) is 3.07. The van der Waals surface area contributed by atoms with Crippen LogP contribution in [0.4, 0.5) is 0 Å². The van der Waals surface area contributed by atoms with Crippen LogP contribution in [0.5, 0.6) is 0 Å². The Morgan fingerprint density at radius 2 is 1.20 bits per heavy atom. The zero-order valence-electron chi connectivity index (χ0n) is 16.4. The second-order valence-electron chi connectivity index (χ2n) is 9.55. The van der Waals surface area contributed by atoms with Gasteiger partial charge in [-0.1, -0.05) is 27.7 Å². The number of nitrogens with zero attached hydrogens (tertiary/aromatic N) is 2. The van der Waals surface area contributed by atoms with Crippen LogP contribution in [0.2, 0.25) is 0 Å². The van der Waals surface area contributed by atoms with Crippen LogP contribution in [0.1, 0.15) is 85.5 Å². The van der Waals surface area contributed by atoms with Gasteiger partial charge in [-0.15, -0.1) is 0 Å². The Labute approximate surface area is 152 Å². The number of aliphatic imine (C=N–C) groups is 2. The van der Waals surface area contributed by atoms with Gasteiger partial charge in [0.15, 0.2) is 11.8 Å². The average molecular weight is 347 g/mol. The van der Waals surface area contributed by atoms with Crippen molar-refractivity contribution in [3.8, 4) is 0 Å². The lowest BCUT2D eigenvalue weighted by molar-refractivity contribution is -0.0296. The van der Waals surface area contributed by atoms with Gasteiger partial charge in [0.05, 0.1) is 18.5 Å². The van der Waals surface area contributed by atoms with Crippen molar-refractivity contribution in [3.05, 3.63) is 0 Å². The van der Waals surface area contributed by atoms with Gasteiger partial charge in [-0.25, -0.2) is 9.98 Å². The molecule has 2 heterocycles. The summed E-state index contributed by atoms with van der Waals surface area (Å²) in [6.45, 7) is 9.11. The van der Waals surface area contributed by atoms with E-state index in [4.69, 9.17) is 19.5 Å². The molecule has 2 fully saturated rings. The summed E-state index contributed by atoms with van der Waals surface area (Å²) in [5.41, 5.74) is 0.00845. The van der Waals surface area contributed by atoms with Crippen LogP contribution in [0, 0.1) is 11.8 Å². The molecule has 0 saturated heterocycles. The highest BCUT2D eigenvalue weighted by Crippen LogP contribution is 2.48. The molecular weight excluding hydrogens is 312 g/mol. The van der Waals surface area contributed by atoms with Crippen LogP contribution in [0.15, 0.2) is 9.98 Å². The third kappa shape index (κ3) is 3.10. The van der Waals surface area contributed by atoms with Gasteiger partial charge in [0.1, 0.15) is 11.2 Å². The Kier molecular flexibility index (Phi) is 4.36. The van der Waals surface area contributed by atoms with E-state index in [0.717, 1.165) is 50.3 Å². The van der Waals surface area contributed by atoms with E-state index in [1.165, 1.54) is 12.8 Å². The van der Waals surface area contributed by atoms with E-state index in [-0.39, 0.29) is 11.2 Å². The normalized spacial score (nSPS) is 31.6. The van der Waals surface area contributed by atoms with Crippen LogP contribution in [0.25, 0.3) is 0 Å². The molecule has 0 amide bonds. The maximum absolute atomic E-state index is 6.39. The van der Waals surface area contributed by atoms with Crippen LogP contribution < -0.4 is 0 Å². The monoisotopic (exact) mass is 346 g/mol. The van der Waals surface area contributed by atoms with Crippen molar-refractivity contribution in [2.75, 3.05) is 0 Å². The summed E-state index contributed by atoms with van der Waals surface area (Å²) in [6, 6.07) is 0.671. The molecule has 0 aromatic carbocycles. The zero-order valence-corrected chi connectivity index (χ0v) is 16.4. The molecule has 2 aliphatic heterocycles. The topological polar surface area (TPSA) is 43.2 Å². The Morgan fingerprint density at radius 1 is 0.800 bits per heavy atom. The van der Waals surface area contributed by atoms with Crippen molar-refractivity contribution in [1.82, 2.24) is 0 Å². The largest absolute Gasteiger partial charge is 0.472 e. The van der Waals surface area contributed by atoms with E-state index in [1.807, 2.05) is 0 Å². The Morgan fingerprint density at radius 3 is 1.48 bits per heavy atom. The highest BCUT2D eigenvalue weighted by Gasteiger charge is 2.53. The minimum absolute atomic E-state index is 0.00422. The summed E-state index contributed by atoms with van der Waals surface area (Å²) < 4.78 is 12.8. The van der Waals surface area contributed by atoms with E-state index in [9.17, 15) is 0 Å². The molecule has 0 unspecified atom stereocenters. The first kappa shape index (κ1) is 17.4. The van der Waals surface area contributed by atoms with E-state index in [2.05, 4.69) is 27.7 Å². The maximum Gasteiger partial charge on any atom is 0.193 e. The van der Waals surface area contributed by atoms with Crippen LogP contribution in [-0.4, -0.2) is 35.1 Å². The van der Waals surface area contributed by atoms with Crippen molar-refractivity contribution >= 4 is 11.8 Å². The lowest BCUT2D eigenvalue weighted by Gasteiger charge is -2.42. The fourth-order valence-electron chi connectivity index (χ4n) is 4.88. The smallest absolute Gasteiger partial charge is 0.193 e. The highest BCUT2D eigenvalue weighted by atomic mass is 16.5.